The van der Waals surface area contributed by atoms with Crippen molar-refractivity contribution in [2.24, 2.45) is 7.05 Å². The van der Waals surface area contributed by atoms with Crippen LogP contribution in [0.5, 0.6) is 0 Å². The van der Waals surface area contributed by atoms with Gasteiger partial charge in [0.2, 0.25) is 0 Å². The summed E-state index contributed by atoms with van der Waals surface area (Å²) in [6.07, 6.45) is 3.49. The summed E-state index contributed by atoms with van der Waals surface area (Å²) in [5.41, 5.74) is 1.60. The standard InChI is InChI=1S/C11H17N3O/c1-9-8-10(12-13(9)2)11(15)14-6-4-3-5-7-14/h8H,3-7H2,1-2H3. The molecule has 2 heterocycles. The zero-order valence-electron chi connectivity index (χ0n) is 9.36. The van der Waals surface area contributed by atoms with Crippen LogP contribution in [0.1, 0.15) is 35.4 Å². The van der Waals surface area contributed by atoms with Crippen LogP contribution < -0.4 is 0 Å². The molecule has 0 saturated carbocycles. The second-order valence-electron chi connectivity index (χ2n) is 4.15. The van der Waals surface area contributed by atoms with Gasteiger partial charge in [-0.1, -0.05) is 0 Å². The fraction of sp³-hybridized carbons (Fsp3) is 0.636. The minimum absolute atomic E-state index is 0.0819. The van der Waals surface area contributed by atoms with Gasteiger partial charge in [-0.25, -0.2) is 0 Å². The molecule has 82 valence electrons. The molecule has 4 nitrogen and oxygen atoms in total. The third kappa shape index (κ3) is 2.03. The highest BCUT2D eigenvalue weighted by molar-refractivity contribution is 5.92. The SMILES string of the molecule is Cc1cc(C(=O)N2CCCCC2)nn1C. The summed E-state index contributed by atoms with van der Waals surface area (Å²) < 4.78 is 1.75. The first kappa shape index (κ1) is 10.2. The molecule has 0 aliphatic carbocycles. The Labute approximate surface area is 89.9 Å². The number of aryl methyl sites for hydroxylation is 2. The lowest BCUT2D eigenvalue weighted by Crippen LogP contribution is -2.35. The molecule has 1 fully saturated rings. The highest BCUT2D eigenvalue weighted by Crippen LogP contribution is 2.12. The van der Waals surface area contributed by atoms with Crippen LogP contribution in [-0.4, -0.2) is 33.7 Å². The lowest BCUT2D eigenvalue weighted by atomic mass is 10.1. The summed E-state index contributed by atoms with van der Waals surface area (Å²) in [6, 6.07) is 1.86. The molecule has 1 saturated heterocycles. The molecule has 1 aromatic heterocycles. The number of carbonyl (C=O) groups excluding carboxylic acids is 1. The van der Waals surface area contributed by atoms with Gasteiger partial charge in [0.25, 0.3) is 5.91 Å². The first-order chi connectivity index (χ1) is 7.18. The smallest absolute Gasteiger partial charge is 0.274 e. The van der Waals surface area contributed by atoms with E-state index in [0.717, 1.165) is 31.6 Å². The number of hydrogen-bond donors (Lipinski definition) is 0. The summed E-state index contributed by atoms with van der Waals surface area (Å²) >= 11 is 0. The van der Waals surface area contributed by atoms with E-state index in [1.807, 2.05) is 24.9 Å². The summed E-state index contributed by atoms with van der Waals surface area (Å²) in [7, 11) is 1.86. The van der Waals surface area contributed by atoms with E-state index in [1.54, 1.807) is 4.68 Å². The minimum Gasteiger partial charge on any atom is -0.337 e. The van der Waals surface area contributed by atoms with Crippen molar-refractivity contribution in [3.63, 3.8) is 0 Å². The summed E-state index contributed by atoms with van der Waals surface area (Å²) in [5.74, 6) is 0.0819. The Morgan fingerprint density at radius 3 is 2.53 bits per heavy atom. The van der Waals surface area contributed by atoms with Gasteiger partial charge in [0.1, 0.15) is 0 Å². The number of aromatic nitrogens is 2. The first-order valence-electron chi connectivity index (χ1n) is 5.48. The van der Waals surface area contributed by atoms with Crippen LogP contribution in [0.2, 0.25) is 0 Å². The number of nitrogens with zero attached hydrogens (tertiary/aromatic N) is 3. The van der Waals surface area contributed by atoms with E-state index >= 15 is 0 Å². The number of piperidine rings is 1. The van der Waals surface area contributed by atoms with Crippen molar-refractivity contribution in [1.82, 2.24) is 14.7 Å². The maximum Gasteiger partial charge on any atom is 0.274 e. The highest BCUT2D eigenvalue weighted by Gasteiger charge is 2.20. The third-order valence-electron chi connectivity index (χ3n) is 2.98. The zero-order chi connectivity index (χ0) is 10.8. The Balaban J connectivity index is 2.12. The van der Waals surface area contributed by atoms with Crippen LogP contribution in [0.25, 0.3) is 0 Å². The van der Waals surface area contributed by atoms with Gasteiger partial charge in [0.05, 0.1) is 0 Å². The van der Waals surface area contributed by atoms with Crippen molar-refractivity contribution in [1.29, 1.82) is 0 Å². The first-order valence-corrected chi connectivity index (χ1v) is 5.48. The van der Waals surface area contributed by atoms with Gasteiger partial charge in [-0.05, 0) is 32.3 Å². The Kier molecular flexibility index (Phi) is 2.75. The lowest BCUT2D eigenvalue weighted by molar-refractivity contribution is 0.0717. The second kappa shape index (κ2) is 4.04. The molecule has 1 aliphatic rings. The van der Waals surface area contributed by atoms with Crippen LogP contribution >= 0.6 is 0 Å². The Morgan fingerprint density at radius 2 is 2.00 bits per heavy atom. The van der Waals surface area contributed by atoms with Crippen LogP contribution in [0.3, 0.4) is 0 Å². The molecule has 4 heteroatoms. The molecule has 0 spiro atoms. The Bertz CT molecular complexity index is 344. The highest BCUT2D eigenvalue weighted by atomic mass is 16.2. The summed E-state index contributed by atoms with van der Waals surface area (Å²) in [5, 5.41) is 4.21. The number of hydrogen-bond acceptors (Lipinski definition) is 2. The summed E-state index contributed by atoms with van der Waals surface area (Å²) in [6.45, 7) is 3.73. The van der Waals surface area contributed by atoms with Gasteiger partial charge in [0, 0.05) is 25.8 Å². The van der Waals surface area contributed by atoms with Crippen LogP contribution in [0.15, 0.2) is 6.07 Å². The molecular formula is C11H17N3O. The molecule has 0 atom stereocenters. The molecule has 0 radical (unpaired) electrons. The van der Waals surface area contributed by atoms with Gasteiger partial charge >= 0.3 is 0 Å². The Morgan fingerprint density at radius 1 is 1.33 bits per heavy atom. The fourth-order valence-electron chi connectivity index (χ4n) is 1.92. The largest absolute Gasteiger partial charge is 0.337 e. The van der Waals surface area contributed by atoms with Gasteiger partial charge in [-0.3, -0.25) is 9.48 Å². The molecular weight excluding hydrogens is 190 g/mol. The van der Waals surface area contributed by atoms with E-state index in [2.05, 4.69) is 5.10 Å². The summed E-state index contributed by atoms with van der Waals surface area (Å²) in [4.78, 5) is 13.9. The quantitative estimate of drug-likeness (QED) is 0.697. The number of carbonyl (C=O) groups is 1. The topological polar surface area (TPSA) is 38.1 Å². The van der Waals surface area contributed by atoms with Crippen molar-refractivity contribution in [2.45, 2.75) is 26.2 Å². The number of likely N-dealkylation sites (tertiary alicyclic amines) is 1. The van der Waals surface area contributed by atoms with Crippen molar-refractivity contribution in [3.05, 3.63) is 17.5 Å². The average molecular weight is 207 g/mol. The average Bonchev–Trinajstić information content (AvgIpc) is 2.59. The molecule has 1 aliphatic heterocycles. The van der Waals surface area contributed by atoms with Gasteiger partial charge < -0.3 is 4.90 Å². The zero-order valence-corrected chi connectivity index (χ0v) is 9.36. The maximum absolute atomic E-state index is 12.0. The van der Waals surface area contributed by atoms with E-state index < -0.39 is 0 Å². The molecule has 1 amide bonds. The van der Waals surface area contributed by atoms with E-state index in [0.29, 0.717) is 5.69 Å². The molecule has 0 unspecified atom stereocenters. The predicted octanol–water partition coefficient (Wildman–Crippen LogP) is 1.35. The number of rotatable bonds is 1. The molecule has 0 aromatic carbocycles. The molecule has 15 heavy (non-hydrogen) atoms. The third-order valence-corrected chi connectivity index (χ3v) is 2.98. The van der Waals surface area contributed by atoms with E-state index in [4.69, 9.17) is 0 Å². The van der Waals surface area contributed by atoms with Crippen LogP contribution in [0.4, 0.5) is 0 Å². The van der Waals surface area contributed by atoms with Crippen molar-refractivity contribution in [2.75, 3.05) is 13.1 Å². The van der Waals surface area contributed by atoms with Crippen molar-refractivity contribution < 1.29 is 4.79 Å². The molecule has 1 aromatic rings. The van der Waals surface area contributed by atoms with Crippen molar-refractivity contribution >= 4 is 5.91 Å². The molecule has 0 bridgehead atoms. The van der Waals surface area contributed by atoms with Gasteiger partial charge in [-0.15, -0.1) is 0 Å². The number of amides is 1. The molecule has 0 N–H and O–H groups in total. The predicted molar refractivity (Wildman–Crippen MR) is 57.7 cm³/mol. The Hall–Kier alpha value is -1.32. The van der Waals surface area contributed by atoms with E-state index in [1.165, 1.54) is 6.42 Å². The van der Waals surface area contributed by atoms with Crippen LogP contribution in [-0.2, 0) is 7.05 Å². The van der Waals surface area contributed by atoms with Crippen LogP contribution in [0, 0.1) is 6.92 Å². The molecule has 2 rings (SSSR count). The van der Waals surface area contributed by atoms with Gasteiger partial charge in [-0.2, -0.15) is 5.10 Å². The monoisotopic (exact) mass is 207 g/mol. The fourth-order valence-corrected chi connectivity index (χ4v) is 1.92. The lowest BCUT2D eigenvalue weighted by Gasteiger charge is -2.25. The maximum atomic E-state index is 12.0. The van der Waals surface area contributed by atoms with Gasteiger partial charge in [0.15, 0.2) is 5.69 Å². The normalized spacial score (nSPS) is 16.8. The second-order valence-corrected chi connectivity index (χ2v) is 4.15. The van der Waals surface area contributed by atoms with Crippen molar-refractivity contribution in [3.8, 4) is 0 Å². The van der Waals surface area contributed by atoms with E-state index in [9.17, 15) is 4.79 Å². The minimum atomic E-state index is 0.0819. The van der Waals surface area contributed by atoms with E-state index in [-0.39, 0.29) is 5.91 Å².